The molecule has 226 valence electrons. The molecule has 1 aromatic carbocycles. The Bertz CT molecular complexity index is 1390. The van der Waals surface area contributed by atoms with E-state index in [0.717, 1.165) is 34.8 Å². The van der Waals surface area contributed by atoms with Crippen LogP contribution in [-0.2, 0) is 6.18 Å². The molecule has 0 saturated heterocycles. The summed E-state index contributed by atoms with van der Waals surface area (Å²) in [5.74, 6) is -0.188. The predicted octanol–water partition coefficient (Wildman–Crippen LogP) is 9.62. The second-order valence-corrected chi connectivity index (χ2v) is 11.9. The Kier molecular flexibility index (Phi) is 10.3. The van der Waals surface area contributed by atoms with Crippen LogP contribution in [0.1, 0.15) is 58.7 Å². The second-order valence-electron chi connectivity index (χ2n) is 11.9. The van der Waals surface area contributed by atoms with Crippen LogP contribution < -0.4 is 5.32 Å². The van der Waals surface area contributed by atoms with Crippen molar-refractivity contribution in [3.63, 3.8) is 0 Å². The number of rotatable bonds is 10. The summed E-state index contributed by atoms with van der Waals surface area (Å²) in [5.41, 5.74) is 5.12. The van der Waals surface area contributed by atoms with Crippen LogP contribution in [0, 0.1) is 12.3 Å². The number of pyridine rings is 1. The number of alkyl halides is 3. The van der Waals surface area contributed by atoms with Crippen LogP contribution in [-0.4, -0.2) is 34.6 Å². The number of nitrogens with one attached hydrogen (secondary N) is 1. The van der Waals surface area contributed by atoms with Gasteiger partial charge in [-0.3, -0.25) is 4.98 Å². The molecular weight excluding hydrogens is 540 g/mol. The van der Waals surface area contributed by atoms with Gasteiger partial charge < -0.3 is 10.3 Å². The maximum atomic E-state index is 14.5. The number of likely N-dealkylation sites (N-methyl/N-ethyl adjacent to an activating group) is 1. The summed E-state index contributed by atoms with van der Waals surface area (Å²) in [6.07, 6.45) is 3.54. The highest BCUT2D eigenvalue weighted by molar-refractivity contribution is 5.79. The van der Waals surface area contributed by atoms with Crippen molar-refractivity contribution in [2.24, 2.45) is 5.41 Å². The minimum Gasteiger partial charge on any atom is -0.355 e. The molecule has 3 rings (SSSR count). The molecule has 0 aliphatic heterocycles. The standard InChI is InChI=1S/C34H42F4N4/c1-10-42(21-27-13-11-12-14-29(27)35)41(9)32(33(6,7)8)24(4)23(3)25(5)40-30-17-15-22(2)19-28(30)26-16-18-31(39-20-26)34(36,37)38/h10,13-20,32,40H,1,5,11-12,21H2,2-4,6-9H3/b24-23+. The highest BCUT2D eigenvalue weighted by Gasteiger charge is 2.34. The third-order valence-corrected chi connectivity index (χ3v) is 7.61. The van der Waals surface area contributed by atoms with Crippen molar-refractivity contribution >= 4 is 5.69 Å². The van der Waals surface area contributed by atoms with Crippen molar-refractivity contribution in [2.45, 2.75) is 66.6 Å². The summed E-state index contributed by atoms with van der Waals surface area (Å²) in [7, 11) is 1.98. The zero-order valence-corrected chi connectivity index (χ0v) is 25.7. The van der Waals surface area contributed by atoms with Crippen molar-refractivity contribution in [1.82, 2.24) is 15.0 Å². The molecule has 1 heterocycles. The smallest absolute Gasteiger partial charge is 0.355 e. The Morgan fingerprint density at radius 2 is 1.76 bits per heavy atom. The van der Waals surface area contributed by atoms with E-state index in [0.29, 0.717) is 35.5 Å². The predicted molar refractivity (Wildman–Crippen MR) is 165 cm³/mol. The summed E-state index contributed by atoms with van der Waals surface area (Å²) < 4.78 is 53.8. The van der Waals surface area contributed by atoms with Crippen LogP contribution in [0.15, 0.2) is 96.3 Å². The van der Waals surface area contributed by atoms with Gasteiger partial charge in [-0.1, -0.05) is 57.7 Å². The molecule has 42 heavy (non-hydrogen) atoms. The molecule has 1 N–H and O–H groups in total. The van der Waals surface area contributed by atoms with Gasteiger partial charge in [-0.2, -0.15) is 13.2 Å². The van der Waals surface area contributed by atoms with Gasteiger partial charge in [0.15, 0.2) is 0 Å². The number of aryl methyl sites for hydroxylation is 1. The number of benzene rings is 1. The maximum Gasteiger partial charge on any atom is 0.433 e. The zero-order valence-electron chi connectivity index (χ0n) is 25.7. The third-order valence-electron chi connectivity index (χ3n) is 7.61. The molecule has 1 aliphatic rings. The fraction of sp³-hybridized carbons (Fsp3) is 0.382. The molecule has 0 fully saturated rings. The molecule has 2 aromatic rings. The van der Waals surface area contributed by atoms with E-state index in [1.807, 2.05) is 50.2 Å². The fourth-order valence-electron chi connectivity index (χ4n) is 5.38. The molecule has 1 aliphatic carbocycles. The van der Waals surface area contributed by atoms with Gasteiger partial charge in [0.25, 0.3) is 0 Å². The quantitative estimate of drug-likeness (QED) is 0.172. The minimum atomic E-state index is -4.50. The lowest BCUT2D eigenvalue weighted by Crippen LogP contribution is -2.50. The molecule has 1 aromatic heterocycles. The van der Waals surface area contributed by atoms with Crippen LogP contribution >= 0.6 is 0 Å². The Morgan fingerprint density at radius 3 is 2.31 bits per heavy atom. The van der Waals surface area contributed by atoms with Gasteiger partial charge in [0.05, 0.1) is 12.6 Å². The van der Waals surface area contributed by atoms with Crippen LogP contribution in [0.4, 0.5) is 23.2 Å². The van der Waals surface area contributed by atoms with Gasteiger partial charge in [-0.15, -0.1) is 0 Å². The summed E-state index contributed by atoms with van der Waals surface area (Å²) >= 11 is 0. The lowest BCUT2D eigenvalue weighted by atomic mass is 9.80. The van der Waals surface area contributed by atoms with Gasteiger partial charge in [-0.05, 0) is 74.4 Å². The summed E-state index contributed by atoms with van der Waals surface area (Å²) in [4.78, 5) is 3.65. The molecule has 0 amide bonds. The molecule has 8 heteroatoms. The van der Waals surface area contributed by atoms with Crippen molar-refractivity contribution in [1.29, 1.82) is 0 Å². The summed E-state index contributed by atoms with van der Waals surface area (Å²) in [6, 6.07) is 8.06. The monoisotopic (exact) mass is 582 g/mol. The normalized spacial score (nSPS) is 15.4. The Hall–Kier alpha value is -3.65. The number of halogens is 4. The zero-order chi connectivity index (χ0) is 31.4. The van der Waals surface area contributed by atoms with E-state index < -0.39 is 11.9 Å². The highest BCUT2D eigenvalue weighted by Crippen LogP contribution is 2.36. The Labute approximate surface area is 247 Å². The van der Waals surface area contributed by atoms with Gasteiger partial charge >= 0.3 is 6.18 Å². The van der Waals surface area contributed by atoms with E-state index in [1.54, 1.807) is 12.3 Å². The molecule has 0 saturated carbocycles. The van der Waals surface area contributed by atoms with Gasteiger partial charge in [0, 0.05) is 47.5 Å². The number of hydrogen-bond acceptors (Lipinski definition) is 4. The van der Waals surface area contributed by atoms with Gasteiger partial charge in [0.2, 0.25) is 0 Å². The first-order valence-corrected chi connectivity index (χ1v) is 14.0. The number of hydrogen-bond donors (Lipinski definition) is 1. The first-order chi connectivity index (χ1) is 19.5. The third kappa shape index (κ3) is 7.79. The SMILES string of the molecule is C=CN(CC1=CCCC=C1F)N(C)C(/C(C)=C(\C)C(=C)Nc1ccc(C)cc1-c1ccc(C(F)(F)F)nc1)C(C)(C)C. The first-order valence-electron chi connectivity index (χ1n) is 14.0. The maximum absolute atomic E-state index is 14.5. The van der Waals surface area contributed by atoms with E-state index in [4.69, 9.17) is 0 Å². The van der Waals surface area contributed by atoms with Crippen LogP contribution in [0.25, 0.3) is 11.1 Å². The first kappa shape index (κ1) is 32.9. The molecule has 0 radical (unpaired) electrons. The topological polar surface area (TPSA) is 31.4 Å². The molecule has 0 bridgehead atoms. The van der Waals surface area contributed by atoms with E-state index in [2.05, 4.69) is 56.2 Å². The molecule has 1 unspecified atom stereocenters. The number of nitrogens with zero attached hydrogens (tertiary/aromatic N) is 3. The van der Waals surface area contributed by atoms with Gasteiger partial charge in [0.1, 0.15) is 11.5 Å². The lowest BCUT2D eigenvalue weighted by molar-refractivity contribution is -0.141. The molecular formula is C34H42F4N4. The van der Waals surface area contributed by atoms with Crippen molar-refractivity contribution in [3.8, 4) is 11.1 Å². The van der Waals surface area contributed by atoms with Crippen LogP contribution in [0.5, 0.6) is 0 Å². The van der Waals surface area contributed by atoms with E-state index in [9.17, 15) is 17.6 Å². The Morgan fingerprint density at radius 1 is 1.10 bits per heavy atom. The van der Waals surface area contributed by atoms with E-state index in [1.165, 1.54) is 12.3 Å². The molecule has 4 nitrogen and oxygen atoms in total. The summed E-state index contributed by atoms with van der Waals surface area (Å²) in [5, 5.41) is 7.42. The van der Waals surface area contributed by atoms with E-state index in [-0.39, 0.29) is 17.3 Å². The van der Waals surface area contributed by atoms with Gasteiger partial charge in [-0.25, -0.2) is 9.40 Å². The number of aromatic nitrogens is 1. The number of allylic oxidation sites excluding steroid dienone is 3. The summed E-state index contributed by atoms with van der Waals surface area (Å²) in [6.45, 7) is 21.1. The van der Waals surface area contributed by atoms with Crippen molar-refractivity contribution in [3.05, 3.63) is 108 Å². The fourth-order valence-corrected chi connectivity index (χ4v) is 5.38. The number of anilines is 1. The number of hydrazine groups is 1. The second kappa shape index (κ2) is 13.1. The van der Waals surface area contributed by atoms with Crippen molar-refractivity contribution in [2.75, 3.05) is 18.9 Å². The Balaban J connectivity index is 1.93. The van der Waals surface area contributed by atoms with Crippen LogP contribution in [0.2, 0.25) is 0 Å². The molecule has 1 atom stereocenters. The highest BCUT2D eigenvalue weighted by atomic mass is 19.4. The van der Waals surface area contributed by atoms with Crippen LogP contribution in [0.3, 0.4) is 0 Å². The van der Waals surface area contributed by atoms with E-state index >= 15 is 0 Å². The largest absolute Gasteiger partial charge is 0.433 e. The molecule has 0 spiro atoms. The average Bonchev–Trinajstić information content (AvgIpc) is 2.91. The van der Waals surface area contributed by atoms with Crippen molar-refractivity contribution < 1.29 is 17.6 Å². The lowest BCUT2D eigenvalue weighted by Gasteiger charge is -2.45. The average molecular weight is 583 g/mol. The minimum absolute atomic E-state index is 0.0955.